The quantitative estimate of drug-likeness (QED) is 0.820. The maximum absolute atomic E-state index is 12.3. The van der Waals surface area contributed by atoms with E-state index in [9.17, 15) is 4.79 Å². The zero-order chi connectivity index (χ0) is 14.8. The summed E-state index contributed by atoms with van der Waals surface area (Å²) in [4.78, 5) is 20.8. The summed E-state index contributed by atoms with van der Waals surface area (Å²) in [6, 6.07) is 0.712. The highest BCUT2D eigenvalue weighted by molar-refractivity contribution is 5.90. The topological polar surface area (TPSA) is 54.3 Å². The van der Waals surface area contributed by atoms with Gasteiger partial charge in [-0.3, -0.25) is 9.48 Å². The molecular formula is C15H25N5O. The summed E-state index contributed by atoms with van der Waals surface area (Å²) in [5.41, 5.74) is 0. The summed E-state index contributed by atoms with van der Waals surface area (Å²) >= 11 is 0. The van der Waals surface area contributed by atoms with Crippen molar-refractivity contribution in [3.05, 3.63) is 12.2 Å². The SMILES string of the molecule is CN1CCCCC1C1CCN(C(=O)c2ncn(C)n2)CC1. The zero-order valence-corrected chi connectivity index (χ0v) is 13.0. The molecule has 0 aliphatic carbocycles. The van der Waals surface area contributed by atoms with E-state index < -0.39 is 0 Å². The number of carbonyl (C=O) groups excluding carboxylic acids is 1. The Hall–Kier alpha value is -1.43. The maximum atomic E-state index is 12.3. The van der Waals surface area contributed by atoms with E-state index in [-0.39, 0.29) is 5.91 Å². The fraction of sp³-hybridized carbons (Fsp3) is 0.800. The molecule has 1 atom stereocenters. The monoisotopic (exact) mass is 291 g/mol. The smallest absolute Gasteiger partial charge is 0.293 e. The second kappa shape index (κ2) is 6.13. The second-order valence-electron chi connectivity index (χ2n) is 6.42. The van der Waals surface area contributed by atoms with Crippen LogP contribution in [-0.4, -0.2) is 63.2 Å². The van der Waals surface area contributed by atoms with Gasteiger partial charge in [0.2, 0.25) is 5.82 Å². The van der Waals surface area contributed by atoms with Gasteiger partial charge in [0.15, 0.2) is 0 Å². The summed E-state index contributed by atoms with van der Waals surface area (Å²) in [7, 11) is 4.04. The summed E-state index contributed by atoms with van der Waals surface area (Å²) in [6.07, 6.45) is 7.79. The van der Waals surface area contributed by atoms with Crippen LogP contribution in [0.1, 0.15) is 42.7 Å². The molecule has 0 spiro atoms. The summed E-state index contributed by atoms with van der Waals surface area (Å²) in [5, 5.41) is 4.11. The molecule has 1 aromatic rings. The van der Waals surface area contributed by atoms with Crippen LogP contribution in [0.15, 0.2) is 6.33 Å². The standard InChI is InChI=1S/C15H25N5O/c1-18-8-4-3-5-13(18)12-6-9-20(10-7-12)15(21)14-16-11-19(2)17-14/h11-13H,3-10H2,1-2H3. The van der Waals surface area contributed by atoms with Crippen LogP contribution in [0.3, 0.4) is 0 Å². The third-order valence-corrected chi connectivity index (χ3v) is 4.99. The molecule has 2 aliphatic heterocycles. The molecule has 1 amide bonds. The van der Waals surface area contributed by atoms with Gasteiger partial charge in [-0.05, 0) is 45.2 Å². The molecule has 6 heteroatoms. The molecule has 2 fully saturated rings. The highest BCUT2D eigenvalue weighted by atomic mass is 16.2. The number of aryl methyl sites for hydroxylation is 1. The highest BCUT2D eigenvalue weighted by Gasteiger charge is 2.32. The van der Waals surface area contributed by atoms with Crippen LogP contribution in [0, 0.1) is 5.92 Å². The second-order valence-corrected chi connectivity index (χ2v) is 6.42. The van der Waals surface area contributed by atoms with E-state index in [1.54, 1.807) is 18.1 Å². The van der Waals surface area contributed by atoms with Gasteiger partial charge in [-0.1, -0.05) is 6.42 Å². The molecule has 0 aromatic carbocycles. The Bertz CT molecular complexity index is 492. The van der Waals surface area contributed by atoms with Gasteiger partial charge in [0, 0.05) is 26.2 Å². The van der Waals surface area contributed by atoms with Gasteiger partial charge >= 0.3 is 0 Å². The molecule has 116 valence electrons. The Labute approximate surface area is 126 Å². The van der Waals surface area contributed by atoms with Crippen LogP contribution >= 0.6 is 0 Å². The van der Waals surface area contributed by atoms with E-state index in [1.807, 2.05) is 4.90 Å². The minimum Gasteiger partial charge on any atom is -0.336 e. The number of hydrogen-bond acceptors (Lipinski definition) is 4. The molecule has 21 heavy (non-hydrogen) atoms. The van der Waals surface area contributed by atoms with Gasteiger partial charge in [0.1, 0.15) is 6.33 Å². The molecule has 2 saturated heterocycles. The maximum Gasteiger partial charge on any atom is 0.293 e. The van der Waals surface area contributed by atoms with E-state index in [4.69, 9.17) is 0 Å². The van der Waals surface area contributed by atoms with E-state index in [1.165, 1.54) is 25.8 Å². The number of rotatable bonds is 2. The molecule has 6 nitrogen and oxygen atoms in total. The number of hydrogen-bond donors (Lipinski definition) is 0. The van der Waals surface area contributed by atoms with Gasteiger partial charge in [0.25, 0.3) is 5.91 Å². The van der Waals surface area contributed by atoms with E-state index in [0.29, 0.717) is 11.9 Å². The first kappa shape index (κ1) is 14.5. The van der Waals surface area contributed by atoms with Crippen molar-refractivity contribution in [2.45, 2.75) is 38.1 Å². The molecule has 0 bridgehead atoms. The van der Waals surface area contributed by atoms with E-state index in [2.05, 4.69) is 22.0 Å². The zero-order valence-electron chi connectivity index (χ0n) is 13.0. The predicted octanol–water partition coefficient (Wildman–Crippen LogP) is 1.15. The van der Waals surface area contributed by atoms with E-state index in [0.717, 1.165) is 31.8 Å². The third kappa shape index (κ3) is 3.10. The van der Waals surface area contributed by atoms with Crippen molar-refractivity contribution >= 4 is 5.91 Å². The molecule has 0 radical (unpaired) electrons. The average Bonchev–Trinajstić information content (AvgIpc) is 2.94. The first-order valence-electron chi connectivity index (χ1n) is 8.00. The van der Waals surface area contributed by atoms with Crippen molar-refractivity contribution in [3.63, 3.8) is 0 Å². The van der Waals surface area contributed by atoms with Crippen molar-refractivity contribution in [2.75, 3.05) is 26.7 Å². The molecule has 1 aromatic heterocycles. The predicted molar refractivity (Wildman–Crippen MR) is 79.9 cm³/mol. The molecular weight excluding hydrogens is 266 g/mol. The van der Waals surface area contributed by atoms with Crippen molar-refractivity contribution in [2.24, 2.45) is 13.0 Å². The number of aromatic nitrogens is 3. The fourth-order valence-corrected chi connectivity index (χ4v) is 3.76. The van der Waals surface area contributed by atoms with Gasteiger partial charge in [-0.25, -0.2) is 4.98 Å². The van der Waals surface area contributed by atoms with Gasteiger partial charge < -0.3 is 9.80 Å². The number of likely N-dealkylation sites (tertiary alicyclic amines) is 2. The number of carbonyl (C=O) groups is 1. The Morgan fingerprint density at radius 3 is 2.52 bits per heavy atom. The lowest BCUT2D eigenvalue weighted by atomic mass is 9.84. The number of nitrogens with zero attached hydrogens (tertiary/aromatic N) is 5. The lowest BCUT2D eigenvalue weighted by Crippen LogP contribution is -2.47. The average molecular weight is 291 g/mol. The normalized spacial score (nSPS) is 25.2. The Morgan fingerprint density at radius 1 is 1.14 bits per heavy atom. The first-order chi connectivity index (χ1) is 10.1. The lowest BCUT2D eigenvalue weighted by Gasteiger charge is -2.42. The molecule has 3 rings (SSSR count). The van der Waals surface area contributed by atoms with Crippen molar-refractivity contribution in [1.29, 1.82) is 0 Å². The Balaban J connectivity index is 1.56. The van der Waals surface area contributed by atoms with Crippen molar-refractivity contribution in [1.82, 2.24) is 24.6 Å². The Morgan fingerprint density at radius 2 is 1.90 bits per heavy atom. The molecule has 2 aliphatic rings. The van der Waals surface area contributed by atoms with Gasteiger partial charge in [0.05, 0.1) is 0 Å². The van der Waals surface area contributed by atoms with E-state index >= 15 is 0 Å². The van der Waals surface area contributed by atoms with Crippen LogP contribution < -0.4 is 0 Å². The van der Waals surface area contributed by atoms with Crippen molar-refractivity contribution < 1.29 is 4.79 Å². The van der Waals surface area contributed by atoms with Crippen LogP contribution in [-0.2, 0) is 7.05 Å². The lowest BCUT2D eigenvalue weighted by molar-refractivity contribution is 0.0545. The highest BCUT2D eigenvalue weighted by Crippen LogP contribution is 2.29. The van der Waals surface area contributed by atoms with Crippen LogP contribution in [0.25, 0.3) is 0 Å². The molecule has 1 unspecified atom stereocenters. The van der Waals surface area contributed by atoms with Crippen LogP contribution in [0.4, 0.5) is 0 Å². The molecule has 3 heterocycles. The van der Waals surface area contributed by atoms with Crippen molar-refractivity contribution in [3.8, 4) is 0 Å². The Kier molecular flexibility index (Phi) is 4.24. The minimum absolute atomic E-state index is 0.0222. The minimum atomic E-state index is -0.0222. The summed E-state index contributed by atoms with van der Waals surface area (Å²) < 4.78 is 1.58. The molecule has 0 saturated carbocycles. The third-order valence-electron chi connectivity index (χ3n) is 4.99. The molecule has 0 N–H and O–H groups in total. The first-order valence-corrected chi connectivity index (χ1v) is 8.00. The number of piperidine rings is 2. The van der Waals surface area contributed by atoms with Gasteiger partial charge in [-0.2, -0.15) is 0 Å². The van der Waals surface area contributed by atoms with Crippen LogP contribution in [0.2, 0.25) is 0 Å². The summed E-state index contributed by atoms with van der Waals surface area (Å²) in [6.45, 7) is 2.90. The number of amides is 1. The van der Waals surface area contributed by atoms with Gasteiger partial charge in [-0.15, -0.1) is 5.10 Å². The van der Waals surface area contributed by atoms with Crippen LogP contribution in [0.5, 0.6) is 0 Å². The summed E-state index contributed by atoms with van der Waals surface area (Å²) in [5.74, 6) is 1.04. The largest absolute Gasteiger partial charge is 0.336 e. The fourth-order valence-electron chi connectivity index (χ4n) is 3.76.